The number of aromatic nitrogens is 2. The fraction of sp³-hybridized carbons (Fsp3) is 0.429. The number of nitrogens with zero attached hydrogens (tertiary/aromatic N) is 2. The highest BCUT2D eigenvalue weighted by Gasteiger charge is 2.30. The van der Waals surface area contributed by atoms with Crippen LogP contribution in [0.5, 0.6) is 0 Å². The fourth-order valence-electron chi connectivity index (χ4n) is 2.32. The van der Waals surface area contributed by atoms with Crippen LogP contribution in [0.3, 0.4) is 0 Å². The number of hydrogen-bond acceptors (Lipinski definition) is 5. The predicted molar refractivity (Wildman–Crippen MR) is 79.4 cm³/mol. The van der Waals surface area contributed by atoms with Gasteiger partial charge in [0.1, 0.15) is 10.8 Å². The zero-order valence-corrected chi connectivity index (χ0v) is 11.8. The molecule has 3 N–H and O–H groups in total. The van der Waals surface area contributed by atoms with Crippen LogP contribution in [0, 0.1) is 0 Å². The molecular formula is C14H18N4S. The third-order valence-corrected chi connectivity index (χ3v) is 4.36. The summed E-state index contributed by atoms with van der Waals surface area (Å²) in [5, 5.41) is 4.58. The fourth-order valence-corrected chi connectivity index (χ4v) is 3.11. The van der Waals surface area contributed by atoms with E-state index >= 15 is 0 Å². The molecular weight excluding hydrogens is 256 g/mol. The smallest absolute Gasteiger partial charge is 0.142 e. The van der Waals surface area contributed by atoms with Crippen molar-refractivity contribution in [1.82, 2.24) is 9.36 Å². The SMILES string of the molecule is CCc1cccnc1CNc1snc(N)c1C1CC1. The topological polar surface area (TPSA) is 63.8 Å². The Labute approximate surface area is 117 Å². The lowest BCUT2D eigenvalue weighted by Crippen LogP contribution is -2.05. The number of nitrogens with one attached hydrogen (secondary N) is 1. The maximum Gasteiger partial charge on any atom is 0.142 e. The van der Waals surface area contributed by atoms with Gasteiger partial charge in [0.25, 0.3) is 0 Å². The molecule has 0 amide bonds. The van der Waals surface area contributed by atoms with Gasteiger partial charge in [0.15, 0.2) is 0 Å². The summed E-state index contributed by atoms with van der Waals surface area (Å²) >= 11 is 1.46. The van der Waals surface area contributed by atoms with Gasteiger partial charge in [-0.2, -0.15) is 4.37 Å². The molecule has 1 aliphatic carbocycles. The van der Waals surface area contributed by atoms with Crippen molar-refractivity contribution in [1.29, 1.82) is 0 Å². The summed E-state index contributed by atoms with van der Waals surface area (Å²) in [6.07, 6.45) is 5.33. The van der Waals surface area contributed by atoms with Crippen LogP contribution in [0.15, 0.2) is 18.3 Å². The first-order valence-corrected chi connectivity index (χ1v) is 7.48. The van der Waals surface area contributed by atoms with E-state index < -0.39 is 0 Å². The largest absolute Gasteiger partial charge is 0.383 e. The summed E-state index contributed by atoms with van der Waals surface area (Å²) in [4.78, 5) is 4.45. The molecule has 3 rings (SSSR count). The van der Waals surface area contributed by atoms with Crippen molar-refractivity contribution in [3.8, 4) is 0 Å². The molecule has 0 unspecified atom stereocenters. The molecule has 2 aromatic rings. The second-order valence-electron chi connectivity index (χ2n) is 4.90. The molecule has 0 aromatic carbocycles. The zero-order valence-electron chi connectivity index (χ0n) is 11.0. The quantitative estimate of drug-likeness (QED) is 0.879. The summed E-state index contributed by atoms with van der Waals surface area (Å²) in [5.41, 5.74) is 9.57. The van der Waals surface area contributed by atoms with Crippen LogP contribution in [0.4, 0.5) is 10.8 Å². The van der Waals surface area contributed by atoms with Gasteiger partial charge in [0, 0.05) is 11.8 Å². The molecule has 0 atom stereocenters. The summed E-state index contributed by atoms with van der Waals surface area (Å²) < 4.78 is 4.27. The summed E-state index contributed by atoms with van der Waals surface area (Å²) in [7, 11) is 0. The van der Waals surface area contributed by atoms with Gasteiger partial charge in [-0.05, 0) is 48.3 Å². The highest BCUT2D eigenvalue weighted by molar-refractivity contribution is 7.10. The van der Waals surface area contributed by atoms with E-state index in [1.54, 1.807) is 0 Å². The van der Waals surface area contributed by atoms with Gasteiger partial charge < -0.3 is 11.1 Å². The van der Waals surface area contributed by atoms with Crippen LogP contribution < -0.4 is 11.1 Å². The minimum absolute atomic E-state index is 0.621. The zero-order chi connectivity index (χ0) is 13.2. The van der Waals surface area contributed by atoms with Crippen molar-refractivity contribution in [3.63, 3.8) is 0 Å². The molecule has 0 spiro atoms. The van der Waals surface area contributed by atoms with Crippen molar-refractivity contribution in [3.05, 3.63) is 35.2 Å². The third kappa shape index (κ3) is 2.56. The molecule has 1 fully saturated rings. The van der Waals surface area contributed by atoms with Gasteiger partial charge in [-0.3, -0.25) is 4.98 Å². The molecule has 1 saturated carbocycles. The molecule has 0 radical (unpaired) electrons. The highest BCUT2D eigenvalue weighted by Crippen LogP contribution is 2.47. The molecule has 2 aromatic heterocycles. The lowest BCUT2D eigenvalue weighted by molar-refractivity contribution is 0.970. The van der Waals surface area contributed by atoms with Gasteiger partial charge >= 0.3 is 0 Å². The van der Waals surface area contributed by atoms with Crippen molar-refractivity contribution < 1.29 is 0 Å². The number of nitrogens with two attached hydrogens (primary N) is 1. The number of rotatable bonds is 5. The maximum absolute atomic E-state index is 5.95. The standard InChI is InChI=1S/C14H18N4S/c1-2-9-4-3-7-16-11(9)8-17-14-12(10-5-6-10)13(15)18-19-14/h3-4,7,10,17H,2,5-6,8H2,1H3,(H2,15,18). The third-order valence-electron chi connectivity index (χ3n) is 3.52. The second kappa shape index (κ2) is 5.17. The first kappa shape index (κ1) is 12.4. The summed E-state index contributed by atoms with van der Waals surface area (Å²) in [6.45, 7) is 2.90. The van der Waals surface area contributed by atoms with E-state index in [0.717, 1.165) is 23.7 Å². The van der Waals surface area contributed by atoms with Gasteiger partial charge in [-0.25, -0.2) is 0 Å². The van der Waals surface area contributed by atoms with Crippen molar-refractivity contribution >= 4 is 22.4 Å². The first-order chi connectivity index (χ1) is 9.29. The van der Waals surface area contributed by atoms with E-state index in [2.05, 4.69) is 27.7 Å². The van der Waals surface area contributed by atoms with Crippen LogP contribution in [0.1, 0.15) is 42.5 Å². The number of hydrogen-bond donors (Lipinski definition) is 2. The minimum Gasteiger partial charge on any atom is -0.383 e. The van der Waals surface area contributed by atoms with Crippen LogP contribution in [0.2, 0.25) is 0 Å². The predicted octanol–water partition coefficient (Wildman–Crippen LogP) is 3.17. The van der Waals surface area contributed by atoms with Crippen LogP contribution >= 0.6 is 11.5 Å². The van der Waals surface area contributed by atoms with E-state index in [9.17, 15) is 0 Å². The monoisotopic (exact) mass is 274 g/mol. The Balaban J connectivity index is 1.75. The van der Waals surface area contributed by atoms with E-state index in [1.807, 2.05) is 12.3 Å². The normalized spacial score (nSPS) is 14.6. The van der Waals surface area contributed by atoms with Crippen molar-refractivity contribution in [2.75, 3.05) is 11.1 Å². The number of aryl methyl sites for hydroxylation is 1. The van der Waals surface area contributed by atoms with Gasteiger partial charge in [-0.15, -0.1) is 0 Å². The Kier molecular flexibility index (Phi) is 3.38. The molecule has 5 heteroatoms. The van der Waals surface area contributed by atoms with Crippen LogP contribution in [-0.2, 0) is 13.0 Å². The van der Waals surface area contributed by atoms with E-state index in [4.69, 9.17) is 5.73 Å². The lowest BCUT2D eigenvalue weighted by atomic mass is 10.1. The van der Waals surface area contributed by atoms with Gasteiger partial charge in [0.05, 0.1) is 12.2 Å². The second-order valence-corrected chi connectivity index (χ2v) is 5.67. The molecule has 100 valence electrons. The number of nitrogen functional groups attached to an aromatic ring is 1. The molecule has 4 nitrogen and oxygen atoms in total. The number of pyridine rings is 1. The molecule has 19 heavy (non-hydrogen) atoms. The Hall–Kier alpha value is -1.62. The summed E-state index contributed by atoms with van der Waals surface area (Å²) in [5.74, 6) is 1.32. The maximum atomic E-state index is 5.95. The van der Waals surface area contributed by atoms with Gasteiger partial charge in [-0.1, -0.05) is 13.0 Å². The first-order valence-electron chi connectivity index (χ1n) is 6.71. The Morgan fingerprint density at radius 2 is 2.32 bits per heavy atom. The lowest BCUT2D eigenvalue weighted by Gasteiger charge is -2.09. The average Bonchev–Trinajstić information content (AvgIpc) is 3.20. The average molecular weight is 274 g/mol. The molecule has 0 saturated heterocycles. The Morgan fingerprint density at radius 1 is 1.47 bits per heavy atom. The van der Waals surface area contributed by atoms with Crippen LogP contribution in [-0.4, -0.2) is 9.36 Å². The molecule has 0 bridgehead atoms. The van der Waals surface area contributed by atoms with Crippen molar-refractivity contribution in [2.45, 2.75) is 38.6 Å². The molecule has 1 aliphatic rings. The van der Waals surface area contributed by atoms with E-state index in [-0.39, 0.29) is 0 Å². The number of anilines is 2. The van der Waals surface area contributed by atoms with E-state index in [1.165, 1.54) is 35.5 Å². The van der Waals surface area contributed by atoms with E-state index in [0.29, 0.717) is 11.7 Å². The highest BCUT2D eigenvalue weighted by atomic mass is 32.1. The Bertz CT molecular complexity index is 575. The molecule has 0 aliphatic heterocycles. The molecule has 2 heterocycles. The van der Waals surface area contributed by atoms with Crippen molar-refractivity contribution in [2.24, 2.45) is 0 Å². The van der Waals surface area contributed by atoms with Gasteiger partial charge in [0.2, 0.25) is 0 Å². The minimum atomic E-state index is 0.621. The van der Waals surface area contributed by atoms with Crippen LogP contribution in [0.25, 0.3) is 0 Å². The Morgan fingerprint density at radius 3 is 3.05 bits per heavy atom. The summed E-state index contributed by atoms with van der Waals surface area (Å²) in [6, 6.07) is 4.12.